The summed E-state index contributed by atoms with van der Waals surface area (Å²) in [6.45, 7) is 8.63. The smallest absolute Gasteiger partial charge is 0.177 e. The summed E-state index contributed by atoms with van der Waals surface area (Å²) in [6, 6.07) is 6.64. The van der Waals surface area contributed by atoms with Crippen molar-refractivity contribution in [2.75, 3.05) is 44.9 Å². The van der Waals surface area contributed by atoms with Gasteiger partial charge in [0.2, 0.25) is 0 Å². The van der Waals surface area contributed by atoms with Crippen LogP contribution in [-0.4, -0.2) is 62.3 Å². The number of hydrogen-bond acceptors (Lipinski definition) is 6. The topological polar surface area (TPSA) is 43.3 Å². The number of rotatable bonds is 3. The fourth-order valence-corrected chi connectivity index (χ4v) is 4.21. The number of benzene rings is 1. The van der Waals surface area contributed by atoms with Crippen LogP contribution < -0.4 is 10.3 Å². The third-order valence-corrected chi connectivity index (χ3v) is 5.79. The van der Waals surface area contributed by atoms with Crippen molar-refractivity contribution < 1.29 is 4.74 Å². The molecule has 4 rings (SSSR count). The molecule has 0 aromatic heterocycles. The minimum absolute atomic E-state index is 0.0274. The number of hydrogen-bond donors (Lipinski definition) is 1. The van der Waals surface area contributed by atoms with Crippen LogP contribution in [-0.2, 0) is 4.74 Å². The van der Waals surface area contributed by atoms with Gasteiger partial charge in [-0.1, -0.05) is 19.9 Å². The van der Waals surface area contributed by atoms with E-state index in [9.17, 15) is 0 Å². The molecule has 0 spiro atoms. The Labute approximate surface area is 163 Å². The van der Waals surface area contributed by atoms with E-state index in [-0.39, 0.29) is 6.29 Å². The molecule has 1 aromatic rings. The van der Waals surface area contributed by atoms with E-state index in [1.54, 1.807) is 0 Å². The molecular weight excluding hydrogens is 394 g/mol. The SMILES string of the molecule is CC(C)c1ccc(N2C3=C(C=NC(N4CCOCC4)N3)CN2C)c(Br)c1. The Bertz CT molecular complexity index is 741. The zero-order valence-corrected chi connectivity index (χ0v) is 17.2. The van der Waals surface area contributed by atoms with Crippen molar-refractivity contribution in [2.45, 2.75) is 26.1 Å². The van der Waals surface area contributed by atoms with Gasteiger partial charge in [0.25, 0.3) is 0 Å². The fraction of sp³-hybridized carbons (Fsp3) is 0.526. The van der Waals surface area contributed by atoms with Gasteiger partial charge >= 0.3 is 0 Å². The molecule has 3 aliphatic heterocycles. The van der Waals surface area contributed by atoms with Crippen molar-refractivity contribution in [2.24, 2.45) is 4.99 Å². The van der Waals surface area contributed by atoms with E-state index in [0.29, 0.717) is 5.92 Å². The van der Waals surface area contributed by atoms with Gasteiger partial charge in [-0.3, -0.25) is 14.9 Å². The molecule has 140 valence electrons. The average molecular weight is 420 g/mol. The van der Waals surface area contributed by atoms with Crippen molar-refractivity contribution >= 4 is 27.8 Å². The second-order valence-electron chi connectivity index (χ2n) is 7.31. The molecule has 7 heteroatoms. The van der Waals surface area contributed by atoms with E-state index < -0.39 is 0 Å². The maximum atomic E-state index is 5.47. The Morgan fingerprint density at radius 1 is 1.27 bits per heavy atom. The minimum Gasteiger partial charge on any atom is -0.379 e. The Kier molecular flexibility index (Phi) is 5.05. The van der Waals surface area contributed by atoms with Crippen LogP contribution in [0.1, 0.15) is 25.3 Å². The molecule has 0 saturated carbocycles. The lowest BCUT2D eigenvalue weighted by Crippen LogP contribution is -2.52. The summed E-state index contributed by atoms with van der Waals surface area (Å²) in [4.78, 5) is 7.06. The molecular formula is C19H26BrN5O. The van der Waals surface area contributed by atoms with Gasteiger partial charge in [0.15, 0.2) is 6.29 Å². The van der Waals surface area contributed by atoms with Crippen molar-refractivity contribution in [1.29, 1.82) is 0 Å². The van der Waals surface area contributed by atoms with E-state index in [0.717, 1.165) is 48.8 Å². The molecule has 3 heterocycles. The molecule has 0 bridgehead atoms. The maximum Gasteiger partial charge on any atom is 0.177 e. The van der Waals surface area contributed by atoms with Gasteiger partial charge in [-0.25, -0.2) is 5.01 Å². The minimum atomic E-state index is -0.0274. The van der Waals surface area contributed by atoms with Crippen molar-refractivity contribution in [3.8, 4) is 0 Å². The number of anilines is 1. The van der Waals surface area contributed by atoms with Crippen LogP contribution in [0.4, 0.5) is 5.69 Å². The lowest BCUT2D eigenvalue weighted by Gasteiger charge is -2.37. The summed E-state index contributed by atoms with van der Waals surface area (Å²) in [6.07, 6.45) is 2.00. The lowest BCUT2D eigenvalue weighted by atomic mass is 10.0. The van der Waals surface area contributed by atoms with Crippen LogP contribution in [0.3, 0.4) is 0 Å². The highest BCUT2D eigenvalue weighted by Crippen LogP contribution is 2.36. The zero-order chi connectivity index (χ0) is 18.3. The number of nitrogens with one attached hydrogen (secondary N) is 1. The molecule has 6 nitrogen and oxygen atoms in total. The Hall–Kier alpha value is -1.41. The Morgan fingerprint density at radius 3 is 2.73 bits per heavy atom. The monoisotopic (exact) mass is 419 g/mol. The predicted octanol–water partition coefficient (Wildman–Crippen LogP) is 2.74. The van der Waals surface area contributed by atoms with Crippen molar-refractivity contribution in [1.82, 2.24) is 15.2 Å². The second-order valence-corrected chi connectivity index (χ2v) is 8.17. The lowest BCUT2D eigenvalue weighted by molar-refractivity contribution is 0.0127. The van der Waals surface area contributed by atoms with E-state index >= 15 is 0 Å². The zero-order valence-electron chi connectivity index (χ0n) is 15.6. The highest BCUT2D eigenvalue weighted by Gasteiger charge is 2.34. The number of nitrogens with zero attached hydrogens (tertiary/aromatic N) is 4. The van der Waals surface area contributed by atoms with Crippen LogP contribution >= 0.6 is 15.9 Å². The molecule has 1 saturated heterocycles. The molecule has 0 radical (unpaired) electrons. The highest BCUT2D eigenvalue weighted by molar-refractivity contribution is 9.10. The first-order valence-corrected chi connectivity index (χ1v) is 9.99. The standard InChI is InChI=1S/C19H26BrN5O/c1-13(2)14-4-5-17(16(20)10-14)25-18-15(12-23(25)3)11-21-19(22-18)24-6-8-26-9-7-24/h4-5,10-11,13,19,22H,6-9,12H2,1-3H3. The maximum absolute atomic E-state index is 5.47. The van der Waals surface area contributed by atoms with E-state index in [4.69, 9.17) is 9.73 Å². The fourth-order valence-electron chi connectivity index (χ4n) is 3.64. The third kappa shape index (κ3) is 3.29. The largest absolute Gasteiger partial charge is 0.379 e. The van der Waals surface area contributed by atoms with E-state index in [1.807, 2.05) is 6.21 Å². The van der Waals surface area contributed by atoms with Gasteiger partial charge in [-0.15, -0.1) is 0 Å². The van der Waals surface area contributed by atoms with Gasteiger partial charge in [0.05, 0.1) is 18.9 Å². The summed E-state index contributed by atoms with van der Waals surface area (Å²) in [7, 11) is 2.11. The molecule has 1 N–H and O–H groups in total. The van der Waals surface area contributed by atoms with Gasteiger partial charge in [-0.2, -0.15) is 0 Å². The summed E-state index contributed by atoms with van der Waals surface area (Å²) >= 11 is 3.78. The summed E-state index contributed by atoms with van der Waals surface area (Å²) < 4.78 is 6.58. The number of morpholine rings is 1. The quantitative estimate of drug-likeness (QED) is 0.815. The van der Waals surface area contributed by atoms with Crippen molar-refractivity contribution in [3.05, 3.63) is 39.6 Å². The third-order valence-electron chi connectivity index (χ3n) is 5.15. The molecule has 26 heavy (non-hydrogen) atoms. The highest BCUT2D eigenvalue weighted by atomic mass is 79.9. The van der Waals surface area contributed by atoms with Gasteiger partial charge < -0.3 is 10.1 Å². The molecule has 1 fully saturated rings. The van der Waals surface area contributed by atoms with Gasteiger partial charge in [0, 0.05) is 42.9 Å². The normalized spacial score (nSPS) is 24.3. The summed E-state index contributed by atoms with van der Waals surface area (Å²) in [5.74, 6) is 1.63. The summed E-state index contributed by atoms with van der Waals surface area (Å²) in [5.41, 5.74) is 3.70. The predicted molar refractivity (Wildman–Crippen MR) is 108 cm³/mol. The number of likely N-dealkylation sites (N-methyl/N-ethyl adjacent to an activating group) is 1. The Balaban J connectivity index is 1.60. The second kappa shape index (κ2) is 7.31. The van der Waals surface area contributed by atoms with E-state index in [2.05, 4.69) is 75.3 Å². The molecule has 1 unspecified atom stereocenters. The number of halogens is 1. The molecule has 0 amide bonds. The molecule has 3 aliphatic rings. The number of ether oxygens (including phenoxy) is 1. The van der Waals surface area contributed by atoms with Gasteiger partial charge in [-0.05, 0) is 39.5 Å². The first kappa shape index (κ1) is 18.0. The van der Waals surface area contributed by atoms with Crippen LogP contribution in [0.5, 0.6) is 0 Å². The van der Waals surface area contributed by atoms with Gasteiger partial charge in [0.1, 0.15) is 5.82 Å². The molecule has 1 atom stereocenters. The number of aliphatic imine (C=N–C) groups is 1. The molecule has 1 aromatic carbocycles. The molecule has 0 aliphatic carbocycles. The first-order chi connectivity index (χ1) is 12.5. The van der Waals surface area contributed by atoms with Crippen LogP contribution in [0.15, 0.2) is 39.1 Å². The number of hydrazine groups is 1. The van der Waals surface area contributed by atoms with Crippen molar-refractivity contribution in [3.63, 3.8) is 0 Å². The van der Waals surface area contributed by atoms with Crippen LogP contribution in [0.2, 0.25) is 0 Å². The van der Waals surface area contributed by atoms with Crippen LogP contribution in [0.25, 0.3) is 0 Å². The van der Waals surface area contributed by atoms with E-state index in [1.165, 1.54) is 11.1 Å². The average Bonchev–Trinajstić information content (AvgIpc) is 2.97. The first-order valence-electron chi connectivity index (χ1n) is 9.20. The summed E-state index contributed by atoms with van der Waals surface area (Å²) in [5, 5.41) is 8.12. The van der Waals surface area contributed by atoms with Crippen LogP contribution in [0, 0.1) is 0 Å². The Morgan fingerprint density at radius 2 is 2.04 bits per heavy atom.